The molecule has 3 saturated heterocycles. The highest BCUT2D eigenvalue weighted by molar-refractivity contribution is 9.10. The monoisotopic (exact) mass is 1330 g/mol. The van der Waals surface area contributed by atoms with Crippen LogP contribution in [0.3, 0.4) is 0 Å². The number of hydrogen-bond donors (Lipinski definition) is 3. The first kappa shape index (κ1) is 65.2. The lowest BCUT2D eigenvalue weighted by Crippen LogP contribution is -2.32. The molecule has 3 N–H and O–H groups in total. The van der Waals surface area contributed by atoms with Crippen molar-refractivity contribution < 1.29 is 41.6 Å². The number of ether oxygens (including phenoxy) is 6. The summed E-state index contributed by atoms with van der Waals surface area (Å²) in [6.07, 6.45) is 11.1. The molecule has 24 heteroatoms. The number of likely N-dealkylation sites (tertiary alicyclic amines) is 3. The van der Waals surface area contributed by atoms with Crippen molar-refractivity contribution in [3.05, 3.63) is 142 Å². The minimum atomic E-state index is -0.459. The summed E-state index contributed by atoms with van der Waals surface area (Å²) >= 11 is 15.1. The van der Waals surface area contributed by atoms with Crippen LogP contribution < -0.4 is 44.4 Å². The Morgan fingerprint density at radius 3 is 1.13 bits per heavy atom. The predicted octanol–water partition coefficient (Wildman–Crippen LogP) is 14.8. The lowest BCUT2D eigenvalue weighted by atomic mass is 9.98. The minimum Gasteiger partial charge on any atom is -0.493 e. The number of nitrogens with one attached hydrogen (secondary N) is 3. The largest absolute Gasteiger partial charge is 0.493 e. The molecule has 3 aliphatic rings. The van der Waals surface area contributed by atoms with E-state index in [1.54, 1.807) is 45.6 Å². The SMILES string of the molecule is COc1cc2c(Nc3cc(Cl)ccc3F)ncnc2cc1OCC1CCN(C)CC1.COc1cc2c(Nc3ccc(Br)cc3F)ncnc2cc1OCC1CCN(C)CC1.COc1cc2c(Nc3ccc(Cl)cc3F)ncnc2cc1OCC1CCN(C)CC1. The first-order valence-electron chi connectivity index (χ1n) is 29.7. The van der Waals surface area contributed by atoms with E-state index in [-0.39, 0.29) is 17.2 Å². The Kier molecular flexibility index (Phi) is 22.4. The van der Waals surface area contributed by atoms with Crippen LogP contribution in [0.4, 0.5) is 47.7 Å². The van der Waals surface area contributed by atoms with Crippen LogP contribution >= 0.6 is 39.1 Å². The number of piperidine rings is 3. The molecule has 0 aliphatic carbocycles. The van der Waals surface area contributed by atoms with E-state index < -0.39 is 11.6 Å². The zero-order valence-electron chi connectivity index (χ0n) is 51.0. The molecule has 18 nitrogen and oxygen atoms in total. The second kappa shape index (κ2) is 30.9. The minimum absolute atomic E-state index is 0.240. The molecule has 90 heavy (non-hydrogen) atoms. The van der Waals surface area contributed by atoms with E-state index in [1.165, 1.54) is 49.3 Å². The number of halogens is 6. The Hall–Kier alpha value is -7.73. The molecule has 474 valence electrons. The quantitative estimate of drug-likeness (QED) is 0.0738. The smallest absolute Gasteiger partial charge is 0.163 e. The Bertz CT molecular complexity index is 3750. The molecule has 9 aromatic rings. The normalized spacial score (nSPS) is 15.3. The number of benzene rings is 6. The molecule has 3 aliphatic heterocycles. The third kappa shape index (κ3) is 17.0. The molecule has 0 radical (unpaired) electrons. The summed E-state index contributed by atoms with van der Waals surface area (Å²) in [4.78, 5) is 32.9. The van der Waals surface area contributed by atoms with Crippen LogP contribution in [-0.2, 0) is 0 Å². The van der Waals surface area contributed by atoms with Gasteiger partial charge in [-0.05, 0) is 189 Å². The maximum atomic E-state index is 14.3. The average Bonchev–Trinajstić information content (AvgIpc) is 1.58. The molecular formula is C66H72BrCl2F3N12O6. The van der Waals surface area contributed by atoms with Crippen molar-refractivity contribution in [1.29, 1.82) is 0 Å². The molecule has 6 heterocycles. The number of rotatable bonds is 18. The van der Waals surface area contributed by atoms with Gasteiger partial charge in [0.05, 0.1) is 74.8 Å². The summed E-state index contributed by atoms with van der Waals surface area (Å²) in [5, 5.41) is 12.0. The highest BCUT2D eigenvalue weighted by Crippen LogP contribution is 2.40. The van der Waals surface area contributed by atoms with E-state index >= 15 is 0 Å². The van der Waals surface area contributed by atoms with Crippen molar-refractivity contribution in [3.63, 3.8) is 0 Å². The first-order chi connectivity index (χ1) is 43.6. The Morgan fingerprint density at radius 1 is 0.422 bits per heavy atom. The third-order valence-corrected chi connectivity index (χ3v) is 17.2. The van der Waals surface area contributed by atoms with Gasteiger partial charge in [-0.25, -0.2) is 43.1 Å². The summed E-state index contributed by atoms with van der Waals surface area (Å²) in [5.41, 5.74) is 2.91. The highest BCUT2D eigenvalue weighted by Gasteiger charge is 2.23. The van der Waals surface area contributed by atoms with Crippen LogP contribution in [-0.4, -0.2) is 146 Å². The molecule has 0 amide bonds. The fourth-order valence-electron chi connectivity index (χ4n) is 10.8. The maximum Gasteiger partial charge on any atom is 0.163 e. The Labute approximate surface area is 539 Å². The second-order valence-electron chi connectivity index (χ2n) is 22.6. The standard InChI is InChI=1S/C22H24BrFN4O2.2C22H24ClFN4O2/c2*1-28-7-5-14(6-8-28)12-30-21-11-19-16(10-20(21)29-2)22(26-13-25-19)27-18-4-3-15(23)9-17(18)24;1-28-7-5-14(6-8-28)12-30-21-11-18-16(10-20(21)29-2)22(26-13-25-18)27-19-9-15(23)3-4-17(19)24/h3*3-4,9-11,13-14H,5-8,12H2,1-2H3,(H,25,26,27). The molecule has 6 aromatic carbocycles. The maximum absolute atomic E-state index is 14.3. The van der Waals surface area contributed by atoms with Crippen LogP contribution in [0.5, 0.6) is 34.5 Å². The molecule has 0 bridgehead atoms. The lowest BCUT2D eigenvalue weighted by molar-refractivity contribution is 0.157. The molecule has 0 unspecified atom stereocenters. The van der Waals surface area contributed by atoms with E-state index in [1.807, 2.05) is 36.4 Å². The van der Waals surface area contributed by atoms with Crippen molar-refractivity contribution >= 4 is 106 Å². The molecular weight excluding hydrogens is 1260 g/mol. The van der Waals surface area contributed by atoms with Crippen LogP contribution in [0, 0.1) is 35.2 Å². The van der Waals surface area contributed by atoms with Gasteiger partial charge in [-0.3, -0.25) is 0 Å². The van der Waals surface area contributed by atoms with Crippen molar-refractivity contribution in [2.45, 2.75) is 38.5 Å². The van der Waals surface area contributed by atoms with Gasteiger partial charge in [-0.15, -0.1) is 0 Å². The summed E-state index contributed by atoms with van der Waals surface area (Å²) in [7, 11) is 11.2. The van der Waals surface area contributed by atoms with Crippen molar-refractivity contribution in [3.8, 4) is 34.5 Å². The number of nitrogens with zero attached hydrogens (tertiary/aromatic N) is 9. The number of aromatic nitrogens is 6. The molecule has 3 aromatic heterocycles. The molecule has 0 atom stereocenters. The van der Waals surface area contributed by atoms with E-state index in [0.717, 1.165) is 83.2 Å². The number of hydrogen-bond acceptors (Lipinski definition) is 18. The van der Waals surface area contributed by atoms with Gasteiger partial charge >= 0.3 is 0 Å². The first-order valence-corrected chi connectivity index (χ1v) is 31.2. The molecule has 0 spiro atoms. The fraction of sp³-hybridized carbons (Fsp3) is 0.364. The summed E-state index contributed by atoms with van der Waals surface area (Å²) in [5.74, 6) is 5.48. The van der Waals surface area contributed by atoms with Gasteiger partial charge in [0.15, 0.2) is 34.5 Å². The van der Waals surface area contributed by atoms with Gasteiger partial charge in [-0.2, -0.15) is 0 Å². The lowest BCUT2D eigenvalue weighted by Gasteiger charge is -2.28. The van der Waals surface area contributed by atoms with E-state index in [4.69, 9.17) is 51.6 Å². The Balaban J connectivity index is 0.000000148. The van der Waals surface area contributed by atoms with E-state index in [9.17, 15) is 13.2 Å². The van der Waals surface area contributed by atoms with Gasteiger partial charge in [0.2, 0.25) is 0 Å². The van der Waals surface area contributed by atoms with Crippen LogP contribution in [0.25, 0.3) is 32.7 Å². The molecule has 0 saturated carbocycles. The van der Waals surface area contributed by atoms with Gasteiger partial charge in [0.25, 0.3) is 0 Å². The number of anilines is 6. The van der Waals surface area contributed by atoms with Crippen LogP contribution in [0.2, 0.25) is 10.0 Å². The summed E-state index contributed by atoms with van der Waals surface area (Å²) in [6.45, 7) is 8.47. The zero-order valence-corrected chi connectivity index (χ0v) is 54.1. The second-order valence-corrected chi connectivity index (χ2v) is 24.4. The summed E-state index contributed by atoms with van der Waals surface area (Å²) in [6, 6.07) is 24.6. The third-order valence-electron chi connectivity index (χ3n) is 16.3. The highest BCUT2D eigenvalue weighted by atomic mass is 79.9. The Morgan fingerprint density at radius 2 is 0.767 bits per heavy atom. The van der Waals surface area contributed by atoms with Crippen molar-refractivity contribution in [1.82, 2.24) is 44.6 Å². The average molecular weight is 1340 g/mol. The van der Waals surface area contributed by atoms with Gasteiger partial charge in [0.1, 0.15) is 53.9 Å². The van der Waals surface area contributed by atoms with Crippen LogP contribution in [0.1, 0.15) is 38.5 Å². The van der Waals surface area contributed by atoms with Crippen LogP contribution in [0.15, 0.2) is 114 Å². The predicted molar refractivity (Wildman–Crippen MR) is 352 cm³/mol. The molecule has 12 rings (SSSR count). The fourth-order valence-corrected chi connectivity index (χ4v) is 11.4. The summed E-state index contributed by atoms with van der Waals surface area (Å²) < 4.78 is 78.3. The zero-order chi connectivity index (χ0) is 63.3. The number of methoxy groups -OCH3 is 3. The topological polar surface area (TPSA) is 179 Å². The number of fused-ring (bicyclic) bond motifs is 3. The van der Waals surface area contributed by atoms with E-state index in [2.05, 4.69) is 97.6 Å². The van der Waals surface area contributed by atoms with Crippen molar-refractivity contribution in [2.24, 2.45) is 17.8 Å². The van der Waals surface area contributed by atoms with Gasteiger partial charge in [0, 0.05) is 48.9 Å². The van der Waals surface area contributed by atoms with Crippen molar-refractivity contribution in [2.75, 3.05) is 118 Å². The van der Waals surface area contributed by atoms with Gasteiger partial charge in [-0.1, -0.05) is 39.1 Å². The van der Waals surface area contributed by atoms with Gasteiger partial charge < -0.3 is 59.1 Å². The van der Waals surface area contributed by atoms with E-state index in [0.29, 0.717) is 137 Å². The molecule has 3 fully saturated rings.